The maximum Gasteiger partial charge on any atom is 0.310 e. The Balaban J connectivity index is 1.97. The molecule has 1 amide bonds. The summed E-state index contributed by atoms with van der Waals surface area (Å²) in [5.41, 5.74) is 3.82. The lowest BCUT2D eigenvalue weighted by Crippen LogP contribution is -2.26. The summed E-state index contributed by atoms with van der Waals surface area (Å²) >= 11 is 0. The molecular formula is C21H23NO4. The third kappa shape index (κ3) is 5.28. The number of aryl methyl sites for hydroxylation is 2. The minimum absolute atomic E-state index is 0.0603. The zero-order chi connectivity index (χ0) is 19.3. The number of esters is 1. The fraction of sp³-hybridized carbons (Fsp3) is 0.286. The summed E-state index contributed by atoms with van der Waals surface area (Å²) in [6, 6.07) is 12.5. The molecule has 0 aromatic heterocycles. The van der Waals surface area contributed by atoms with Gasteiger partial charge >= 0.3 is 5.97 Å². The normalized spacial score (nSPS) is 11.5. The van der Waals surface area contributed by atoms with Crippen molar-refractivity contribution in [3.05, 3.63) is 64.7 Å². The van der Waals surface area contributed by atoms with Gasteiger partial charge in [-0.2, -0.15) is 0 Å². The van der Waals surface area contributed by atoms with Crippen LogP contribution in [0.1, 0.15) is 40.9 Å². The molecule has 26 heavy (non-hydrogen) atoms. The van der Waals surface area contributed by atoms with Gasteiger partial charge in [-0.3, -0.25) is 14.4 Å². The average Bonchev–Trinajstić information content (AvgIpc) is 2.57. The summed E-state index contributed by atoms with van der Waals surface area (Å²) in [7, 11) is 0. The van der Waals surface area contributed by atoms with Gasteiger partial charge in [0.2, 0.25) is 11.7 Å². The third-order valence-corrected chi connectivity index (χ3v) is 3.96. The van der Waals surface area contributed by atoms with Crippen LogP contribution < -0.4 is 5.32 Å². The fourth-order valence-electron chi connectivity index (χ4n) is 2.59. The topological polar surface area (TPSA) is 72.5 Å². The standard InChI is InChI=1S/C21H23NO4/c1-13-5-6-14(2)19(11-13)21(25)15(3)26-20(24)12-17-7-9-18(10-8-17)22-16(4)23/h5-11,15H,12H2,1-4H3,(H,22,23)/t15-/m0/s1. The highest BCUT2D eigenvalue weighted by Crippen LogP contribution is 2.15. The fourth-order valence-corrected chi connectivity index (χ4v) is 2.59. The van der Waals surface area contributed by atoms with E-state index >= 15 is 0 Å². The number of carbonyl (C=O) groups is 3. The zero-order valence-electron chi connectivity index (χ0n) is 15.5. The Kier molecular flexibility index (Phi) is 6.28. The Bertz CT molecular complexity index is 824. The van der Waals surface area contributed by atoms with E-state index in [9.17, 15) is 14.4 Å². The molecule has 2 rings (SSSR count). The number of ketones is 1. The molecule has 0 fully saturated rings. The first-order valence-electron chi connectivity index (χ1n) is 8.43. The molecule has 1 N–H and O–H groups in total. The van der Waals surface area contributed by atoms with Crippen molar-refractivity contribution in [1.29, 1.82) is 0 Å². The lowest BCUT2D eigenvalue weighted by Gasteiger charge is -2.14. The van der Waals surface area contributed by atoms with Gasteiger partial charge in [0.1, 0.15) is 0 Å². The molecule has 0 aliphatic carbocycles. The lowest BCUT2D eigenvalue weighted by atomic mass is 9.99. The van der Waals surface area contributed by atoms with Crippen molar-refractivity contribution >= 4 is 23.3 Å². The Hall–Kier alpha value is -2.95. The van der Waals surface area contributed by atoms with Crippen LogP contribution in [-0.4, -0.2) is 23.8 Å². The van der Waals surface area contributed by atoms with Crippen molar-refractivity contribution < 1.29 is 19.1 Å². The molecular weight excluding hydrogens is 330 g/mol. The number of benzene rings is 2. The van der Waals surface area contributed by atoms with Crippen LogP contribution >= 0.6 is 0 Å². The average molecular weight is 353 g/mol. The number of amides is 1. The Morgan fingerprint density at radius 3 is 2.31 bits per heavy atom. The molecule has 0 saturated carbocycles. The van der Waals surface area contributed by atoms with Crippen molar-refractivity contribution in [3.63, 3.8) is 0 Å². The Morgan fingerprint density at radius 2 is 1.69 bits per heavy atom. The molecule has 136 valence electrons. The molecule has 0 aliphatic rings. The highest BCUT2D eigenvalue weighted by molar-refractivity contribution is 6.01. The van der Waals surface area contributed by atoms with Crippen LogP contribution in [0.4, 0.5) is 5.69 Å². The molecule has 5 nitrogen and oxygen atoms in total. The molecule has 2 aromatic carbocycles. The molecule has 0 saturated heterocycles. The zero-order valence-corrected chi connectivity index (χ0v) is 15.5. The second-order valence-corrected chi connectivity index (χ2v) is 6.37. The van der Waals surface area contributed by atoms with E-state index in [4.69, 9.17) is 4.74 Å². The highest BCUT2D eigenvalue weighted by atomic mass is 16.5. The van der Waals surface area contributed by atoms with Crippen LogP contribution in [0.5, 0.6) is 0 Å². The van der Waals surface area contributed by atoms with Crippen molar-refractivity contribution in [1.82, 2.24) is 0 Å². The van der Waals surface area contributed by atoms with Crippen LogP contribution in [0.3, 0.4) is 0 Å². The van der Waals surface area contributed by atoms with Gasteiger partial charge in [-0.1, -0.05) is 29.8 Å². The number of nitrogens with one attached hydrogen (secondary N) is 1. The van der Waals surface area contributed by atoms with E-state index < -0.39 is 12.1 Å². The van der Waals surface area contributed by atoms with E-state index in [1.54, 1.807) is 31.2 Å². The van der Waals surface area contributed by atoms with Gasteiger partial charge in [0.25, 0.3) is 0 Å². The summed E-state index contributed by atoms with van der Waals surface area (Å²) in [6.45, 7) is 6.79. The van der Waals surface area contributed by atoms with Crippen LogP contribution in [0.15, 0.2) is 42.5 Å². The molecule has 5 heteroatoms. The van der Waals surface area contributed by atoms with Crippen LogP contribution in [-0.2, 0) is 20.7 Å². The SMILES string of the molecule is CC(=O)Nc1ccc(CC(=O)O[C@@H](C)C(=O)c2cc(C)ccc2C)cc1. The van der Waals surface area contributed by atoms with Gasteiger partial charge in [0, 0.05) is 18.2 Å². The molecule has 0 heterocycles. The number of carbonyl (C=O) groups excluding carboxylic acids is 3. The summed E-state index contributed by atoms with van der Waals surface area (Å²) in [4.78, 5) is 35.7. The Morgan fingerprint density at radius 1 is 1.04 bits per heavy atom. The first-order chi connectivity index (χ1) is 12.3. The van der Waals surface area contributed by atoms with Gasteiger partial charge in [-0.05, 0) is 50.1 Å². The van der Waals surface area contributed by atoms with Crippen molar-refractivity contribution in [2.45, 2.75) is 40.2 Å². The first-order valence-corrected chi connectivity index (χ1v) is 8.43. The third-order valence-electron chi connectivity index (χ3n) is 3.96. The Labute approximate surface area is 153 Å². The number of Topliss-reactive ketones (excluding diaryl/α,β-unsaturated/α-hetero) is 1. The van der Waals surface area contributed by atoms with E-state index in [2.05, 4.69) is 5.32 Å². The van der Waals surface area contributed by atoms with Gasteiger partial charge < -0.3 is 10.1 Å². The van der Waals surface area contributed by atoms with Crippen LogP contribution in [0.2, 0.25) is 0 Å². The molecule has 0 spiro atoms. The molecule has 0 radical (unpaired) electrons. The summed E-state index contributed by atoms with van der Waals surface area (Å²) in [5.74, 6) is -0.833. The minimum atomic E-state index is -0.846. The number of hydrogen-bond donors (Lipinski definition) is 1. The van der Waals surface area contributed by atoms with E-state index in [1.807, 2.05) is 32.0 Å². The van der Waals surface area contributed by atoms with E-state index in [-0.39, 0.29) is 18.1 Å². The monoisotopic (exact) mass is 353 g/mol. The summed E-state index contributed by atoms with van der Waals surface area (Å²) in [6.07, 6.45) is -0.785. The van der Waals surface area contributed by atoms with Crippen molar-refractivity contribution in [2.24, 2.45) is 0 Å². The second kappa shape index (κ2) is 8.43. The number of anilines is 1. The number of rotatable bonds is 6. The maximum atomic E-state index is 12.5. The van der Waals surface area contributed by atoms with Gasteiger partial charge in [0.05, 0.1) is 6.42 Å². The smallest absolute Gasteiger partial charge is 0.310 e. The molecule has 0 bridgehead atoms. The number of ether oxygens (including phenoxy) is 1. The molecule has 2 aromatic rings. The largest absolute Gasteiger partial charge is 0.454 e. The van der Waals surface area contributed by atoms with Crippen LogP contribution in [0, 0.1) is 13.8 Å². The van der Waals surface area contributed by atoms with Crippen LogP contribution in [0.25, 0.3) is 0 Å². The summed E-state index contributed by atoms with van der Waals surface area (Å²) in [5, 5.41) is 2.66. The predicted molar refractivity (Wildman–Crippen MR) is 100 cm³/mol. The predicted octanol–water partition coefficient (Wildman–Crippen LogP) is 3.62. The number of hydrogen-bond acceptors (Lipinski definition) is 4. The van der Waals surface area contributed by atoms with Gasteiger partial charge in [0.15, 0.2) is 6.10 Å². The van der Waals surface area contributed by atoms with Gasteiger partial charge in [-0.25, -0.2) is 0 Å². The highest BCUT2D eigenvalue weighted by Gasteiger charge is 2.21. The van der Waals surface area contributed by atoms with Crippen molar-refractivity contribution in [2.75, 3.05) is 5.32 Å². The molecule has 0 aliphatic heterocycles. The maximum absolute atomic E-state index is 12.5. The minimum Gasteiger partial charge on any atom is -0.454 e. The lowest BCUT2D eigenvalue weighted by molar-refractivity contribution is -0.145. The van der Waals surface area contributed by atoms with E-state index in [1.165, 1.54) is 6.92 Å². The quantitative estimate of drug-likeness (QED) is 0.636. The van der Waals surface area contributed by atoms with E-state index in [0.29, 0.717) is 11.3 Å². The molecule has 1 atom stereocenters. The van der Waals surface area contributed by atoms with E-state index in [0.717, 1.165) is 16.7 Å². The summed E-state index contributed by atoms with van der Waals surface area (Å²) < 4.78 is 5.30. The second-order valence-electron chi connectivity index (χ2n) is 6.37. The molecule has 0 unspecified atom stereocenters. The van der Waals surface area contributed by atoms with Crippen molar-refractivity contribution in [3.8, 4) is 0 Å². The van der Waals surface area contributed by atoms with Gasteiger partial charge in [-0.15, -0.1) is 0 Å². The first kappa shape index (κ1) is 19.4.